The van der Waals surface area contributed by atoms with Gasteiger partial charge in [-0.1, -0.05) is 6.07 Å². The van der Waals surface area contributed by atoms with Gasteiger partial charge in [-0.15, -0.1) is 0 Å². The third-order valence-corrected chi connectivity index (χ3v) is 3.33. The van der Waals surface area contributed by atoms with E-state index in [9.17, 15) is 27.9 Å². The number of morpholine rings is 1. The predicted molar refractivity (Wildman–Crippen MR) is 69.6 cm³/mol. The second-order valence-corrected chi connectivity index (χ2v) is 5.07. The van der Waals surface area contributed by atoms with Crippen molar-refractivity contribution < 1.29 is 37.7 Å². The monoisotopic (exact) mass is 334 g/mol. The van der Waals surface area contributed by atoms with Crippen LogP contribution >= 0.6 is 0 Å². The highest BCUT2D eigenvalue weighted by Gasteiger charge is 2.49. The largest absolute Gasteiger partial charge is 0.479 e. The third kappa shape index (κ3) is 3.27. The molecular weight excluding hydrogens is 321 g/mol. The van der Waals surface area contributed by atoms with Gasteiger partial charge in [0.05, 0.1) is 13.2 Å². The Morgan fingerprint density at radius 1 is 1.43 bits per heavy atom. The number of carbonyl (C=O) groups is 2. The zero-order chi connectivity index (χ0) is 17.4. The average Bonchev–Trinajstić information content (AvgIpc) is 2.46. The average molecular weight is 334 g/mol. The number of hydrogen-bond acceptors (Lipinski definition) is 5. The van der Waals surface area contributed by atoms with Crippen molar-refractivity contribution >= 4 is 17.7 Å². The van der Waals surface area contributed by atoms with Crippen LogP contribution in [0.4, 0.5) is 19.0 Å². The number of carboxylic acids is 1. The Hall–Kier alpha value is -2.20. The van der Waals surface area contributed by atoms with Gasteiger partial charge in [0.25, 0.3) is 5.91 Å². The normalized spacial score (nSPS) is 21.9. The fraction of sp³-hybridized carbons (Fsp3) is 0.462. The molecule has 0 spiro atoms. The first-order valence-corrected chi connectivity index (χ1v) is 6.48. The van der Waals surface area contributed by atoms with Crippen LogP contribution < -0.4 is 4.90 Å². The Bertz CT molecular complexity index is 632. The first-order valence-electron chi connectivity index (χ1n) is 6.48. The molecule has 126 valence electrons. The molecule has 1 aliphatic heterocycles. The predicted octanol–water partition coefficient (Wildman–Crippen LogP) is 0.668. The van der Waals surface area contributed by atoms with Gasteiger partial charge < -0.3 is 14.9 Å². The third-order valence-electron chi connectivity index (χ3n) is 3.33. The maximum Gasteiger partial charge on any atom is 0.433 e. The fourth-order valence-electron chi connectivity index (χ4n) is 2.06. The highest BCUT2D eigenvalue weighted by Crippen LogP contribution is 2.30. The second kappa shape index (κ2) is 5.78. The van der Waals surface area contributed by atoms with E-state index in [1.165, 1.54) is 6.07 Å². The maximum absolute atomic E-state index is 12.7. The quantitative estimate of drug-likeness (QED) is 0.843. The van der Waals surface area contributed by atoms with E-state index in [0.29, 0.717) is 0 Å². The molecule has 2 atom stereocenters. The smallest absolute Gasteiger partial charge is 0.433 e. The molecule has 0 aromatic carbocycles. The van der Waals surface area contributed by atoms with Crippen LogP contribution in [0, 0.1) is 0 Å². The molecule has 0 saturated carbocycles. The Morgan fingerprint density at radius 2 is 2.09 bits per heavy atom. The van der Waals surface area contributed by atoms with E-state index in [0.717, 1.165) is 24.0 Å². The number of aromatic nitrogens is 1. The Labute approximate surface area is 128 Å². The minimum Gasteiger partial charge on any atom is -0.479 e. The summed E-state index contributed by atoms with van der Waals surface area (Å²) in [6, 6.07) is 3.02. The van der Waals surface area contributed by atoms with Gasteiger partial charge in [-0.05, 0) is 19.1 Å². The molecule has 2 heterocycles. The van der Waals surface area contributed by atoms with E-state index >= 15 is 0 Å². The molecule has 0 radical (unpaired) electrons. The van der Waals surface area contributed by atoms with Crippen molar-refractivity contribution in [1.82, 2.24) is 4.98 Å². The molecule has 1 aromatic rings. The number of aliphatic carboxylic acids is 1. The number of hydrogen-bond donors (Lipinski definition) is 2. The van der Waals surface area contributed by atoms with E-state index in [1.54, 1.807) is 0 Å². The summed E-state index contributed by atoms with van der Waals surface area (Å²) in [4.78, 5) is 27.6. The zero-order valence-corrected chi connectivity index (χ0v) is 11.9. The summed E-state index contributed by atoms with van der Waals surface area (Å²) < 4.78 is 43.1. The molecular formula is C13H13F3N2O5. The molecule has 1 aliphatic rings. The Balaban J connectivity index is 2.34. The molecule has 10 heteroatoms. The summed E-state index contributed by atoms with van der Waals surface area (Å²) >= 11 is 0. The van der Waals surface area contributed by atoms with Crippen LogP contribution in [0.15, 0.2) is 18.2 Å². The van der Waals surface area contributed by atoms with Crippen molar-refractivity contribution in [1.29, 1.82) is 0 Å². The second-order valence-electron chi connectivity index (χ2n) is 5.07. The minimum atomic E-state index is -4.68. The van der Waals surface area contributed by atoms with Crippen molar-refractivity contribution in [2.45, 2.75) is 24.8 Å². The number of pyridine rings is 1. The van der Waals surface area contributed by atoms with Crippen molar-refractivity contribution in [3.63, 3.8) is 0 Å². The lowest BCUT2D eigenvalue weighted by atomic mass is 9.97. The Kier molecular flexibility index (Phi) is 4.31. The number of carbonyl (C=O) groups excluding carboxylic acids is 1. The van der Waals surface area contributed by atoms with Gasteiger partial charge in [-0.3, -0.25) is 9.69 Å². The Morgan fingerprint density at radius 3 is 2.65 bits per heavy atom. The van der Waals surface area contributed by atoms with E-state index in [1.807, 2.05) is 0 Å². The van der Waals surface area contributed by atoms with Gasteiger partial charge in [0.2, 0.25) is 0 Å². The molecule has 1 fully saturated rings. The number of anilines is 1. The van der Waals surface area contributed by atoms with E-state index in [-0.39, 0.29) is 19.0 Å². The van der Waals surface area contributed by atoms with Crippen LogP contribution in [0.2, 0.25) is 0 Å². The van der Waals surface area contributed by atoms with Crippen LogP contribution in [-0.4, -0.2) is 51.9 Å². The molecule has 1 aromatic heterocycles. The van der Waals surface area contributed by atoms with Crippen molar-refractivity contribution in [2.24, 2.45) is 0 Å². The lowest BCUT2D eigenvalue weighted by molar-refractivity contribution is -0.180. The zero-order valence-electron chi connectivity index (χ0n) is 11.9. The maximum atomic E-state index is 12.7. The van der Waals surface area contributed by atoms with Crippen LogP contribution in [-0.2, 0) is 20.5 Å². The highest BCUT2D eigenvalue weighted by atomic mass is 19.4. The van der Waals surface area contributed by atoms with Crippen molar-refractivity contribution in [3.05, 3.63) is 23.9 Å². The number of alkyl halides is 3. The molecule has 1 amide bonds. The standard InChI is InChI=1S/C13H13F3N2O5/c1-12(22,11(20)21)9-10(19)18(5-6-23-9)8-4-2-3-7(17-8)13(14,15)16/h2-4,9,22H,5-6H2,1H3,(H,20,21). The van der Waals surface area contributed by atoms with Gasteiger partial charge in [-0.2, -0.15) is 13.2 Å². The van der Waals surface area contributed by atoms with E-state index in [4.69, 9.17) is 9.84 Å². The number of carboxylic acid groups (broad SMARTS) is 1. The van der Waals surface area contributed by atoms with Gasteiger partial charge in [0.1, 0.15) is 11.5 Å². The molecule has 0 bridgehead atoms. The van der Waals surface area contributed by atoms with Crippen LogP contribution in [0.5, 0.6) is 0 Å². The number of ether oxygens (including phenoxy) is 1. The lowest BCUT2D eigenvalue weighted by Crippen LogP contribution is -2.60. The molecule has 0 aliphatic carbocycles. The summed E-state index contributed by atoms with van der Waals surface area (Å²) in [5, 5.41) is 18.8. The number of rotatable bonds is 3. The molecule has 2 N–H and O–H groups in total. The van der Waals surface area contributed by atoms with E-state index in [2.05, 4.69) is 4.98 Å². The number of halogens is 3. The number of nitrogens with zero attached hydrogens (tertiary/aromatic N) is 2. The molecule has 7 nitrogen and oxygen atoms in total. The van der Waals surface area contributed by atoms with Crippen molar-refractivity contribution in [3.8, 4) is 0 Å². The number of amides is 1. The first-order chi connectivity index (χ1) is 10.5. The van der Waals surface area contributed by atoms with Crippen LogP contribution in [0.3, 0.4) is 0 Å². The summed E-state index contributed by atoms with van der Waals surface area (Å²) in [6.07, 6.45) is -6.43. The summed E-state index contributed by atoms with van der Waals surface area (Å²) in [5.41, 5.74) is -3.70. The SMILES string of the molecule is CC(O)(C(=O)O)C1OCCN(c2cccc(C(F)(F)F)n2)C1=O. The summed E-state index contributed by atoms with van der Waals surface area (Å²) in [7, 11) is 0. The van der Waals surface area contributed by atoms with Gasteiger partial charge in [0, 0.05) is 0 Å². The lowest BCUT2D eigenvalue weighted by Gasteiger charge is -2.36. The van der Waals surface area contributed by atoms with Crippen LogP contribution in [0.1, 0.15) is 12.6 Å². The van der Waals surface area contributed by atoms with Crippen molar-refractivity contribution in [2.75, 3.05) is 18.1 Å². The minimum absolute atomic E-state index is 0.112. The van der Waals surface area contributed by atoms with Gasteiger partial charge in [0.15, 0.2) is 11.7 Å². The summed E-state index contributed by atoms with van der Waals surface area (Å²) in [5.74, 6) is -2.95. The van der Waals surface area contributed by atoms with Gasteiger partial charge in [-0.25, -0.2) is 9.78 Å². The van der Waals surface area contributed by atoms with Gasteiger partial charge >= 0.3 is 12.1 Å². The molecule has 2 rings (SSSR count). The van der Waals surface area contributed by atoms with E-state index < -0.39 is 35.5 Å². The fourth-order valence-corrected chi connectivity index (χ4v) is 2.06. The topological polar surface area (TPSA) is 100.0 Å². The molecule has 2 unspecified atom stereocenters. The first kappa shape index (κ1) is 17.2. The highest BCUT2D eigenvalue weighted by molar-refractivity contribution is 6.00. The molecule has 1 saturated heterocycles. The summed E-state index contributed by atoms with van der Waals surface area (Å²) in [6.45, 7) is 0.609. The molecule has 23 heavy (non-hydrogen) atoms. The van der Waals surface area contributed by atoms with Crippen LogP contribution in [0.25, 0.3) is 0 Å². The number of aliphatic hydroxyl groups is 1.